The molecular formula is C19H24ClIN4O2S. The van der Waals surface area contributed by atoms with Gasteiger partial charge in [-0.25, -0.2) is 4.79 Å². The van der Waals surface area contributed by atoms with Crippen molar-refractivity contribution in [3.63, 3.8) is 0 Å². The minimum atomic E-state index is -0.492. The van der Waals surface area contributed by atoms with Crippen LogP contribution < -0.4 is 40.3 Å². The van der Waals surface area contributed by atoms with Crippen LogP contribution in [0.1, 0.15) is 33.3 Å². The number of carbonyl (C=O) groups is 2. The lowest BCUT2D eigenvalue weighted by atomic mass is 10.0. The number of rotatable bonds is 5. The Morgan fingerprint density at radius 1 is 1.29 bits per heavy atom. The van der Waals surface area contributed by atoms with Crippen molar-refractivity contribution in [2.75, 3.05) is 25.5 Å². The molecule has 0 saturated heterocycles. The second kappa shape index (κ2) is 9.43. The zero-order chi connectivity index (χ0) is 19.6. The van der Waals surface area contributed by atoms with Crippen LogP contribution in [0.25, 0.3) is 0 Å². The summed E-state index contributed by atoms with van der Waals surface area (Å²) in [6, 6.07) is 6.89. The van der Waals surface area contributed by atoms with E-state index in [-0.39, 0.29) is 30.0 Å². The molecule has 0 fully saturated rings. The predicted molar refractivity (Wildman–Crippen MR) is 109 cm³/mol. The van der Waals surface area contributed by atoms with Crippen molar-refractivity contribution < 1.29 is 38.0 Å². The molecule has 1 aliphatic heterocycles. The Hall–Kier alpha value is -1.36. The van der Waals surface area contributed by atoms with Gasteiger partial charge in [0.25, 0.3) is 5.91 Å². The maximum absolute atomic E-state index is 12.3. The molecule has 0 bridgehead atoms. The molecule has 2 aromatic rings. The first-order valence-electron chi connectivity index (χ1n) is 8.88. The van der Waals surface area contributed by atoms with Crippen molar-refractivity contribution in [1.82, 2.24) is 5.32 Å². The molecule has 0 spiro atoms. The average molecular weight is 535 g/mol. The van der Waals surface area contributed by atoms with E-state index in [0.29, 0.717) is 22.1 Å². The maximum atomic E-state index is 12.3. The van der Waals surface area contributed by atoms with Crippen molar-refractivity contribution >= 4 is 39.9 Å². The van der Waals surface area contributed by atoms with E-state index in [9.17, 15) is 9.59 Å². The van der Waals surface area contributed by atoms with E-state index in [1.807, 2.05) is 12.1 Å². The summed E-state index contributed by atoms with van der Waals surface area (Å²) in [4.78, 5) is 25.5. The molecule has 6 nitrogen and oxygen atoms in total. The van der Waals surface area contributed by atoms with Crippen LogP contribution in [0.3, 0.4) is 0 Å². The molecule has 3 rings (SSSR count). The van der Waals surface area contributed by atoms with Crippen molar-refractivity contribution in [1.29, 1.82) is 0 Å². The number of nitrogens with zero attached hydrogens (tertiary/aromatic N) is 1. The van der Waals surface area contributed by atoms with Crippen molar-refractivity contribution in [2.45, 2.75) is 26.4 Å². The fourth-order valence-corrected chi connectivity index (χ4v) is 4.81. The van der Waals surface area contributed by atoms with Gasteiger partial charge in [0.15, 0.2) is 0 Å². The Balaban J connectivity index is 0.00000280. The fraction of sp³-hybridized carbons (Fsp3) is 0.368. The van der Waals surface area contributed by atoms with Gasteiger partial charge in [0, 0.05) is 18.0 Å². The molecular weight excluding hydrogens is 511 g/mol. The largest absolute Gasteiger partial charge is 1.00 e. The highest BCUT2D eigenvalue weighted by Crippen LogP contribution is 2.38. The molecule has 2 heterocycles. The summed E-state index contributed by atoms with van der Waals surface area (Å²) in [5, 5.41) is 6.79. The lowest BCUT2D eigenvalue weighted by Gasteiger charge is -2.36. The second-order valence-corrected chi connectivity index (χ2v) is 8.62. The van der Waals surface area contributed by atoms with Crippen LogP contribution in [0, 0.1) is 0 Å². The van der Waals surface area contributed by atoms with Gasteiger partial charge in [0.1, 0.15) is 11.5 Å². The lowest BCUT2D eigenvalue weighted by molar-refractivity contribution is -0.922. The average Bonchev–Trinajstić information content (AvgIpc) is 2.98. The van der Waals surface area contributed by atoms with Gasteiger partial charge in [0.2, 0.25) is 0 Å². The highest BCUT2D eigenvalue weighted by Gasteiger charge is 2.33. The number of urea groups is 1. The maximum Gasteiger partial charge on any atom is 0.320 e. The van der Waals surface area contributed by atoms with Crippen LogP contribution in [0.4, 0.5) is 9.80 Å². The number of thiophene rings is 1. The SMILES string of the molecule is CC[N+]1(C)CCc2c(sc(NC(=O)NCc3ccc(Cl)cc3)c2C(N)=O)C1.[I-]. The highest BCUT2D eigenvalue weighted by atomic mass is 127. The summed E-state index contributed by atoms with van der Waals surface area (Å²) >= 11 is 7.32. The Morgan fingerprint density at radius 2 is 1.96 bits per heavy atom. The number of likely N-dealkylation sites (N-methyl/N-ethyl adjacent to an activating group) is 1. The van der Waals surface area contributed by atoms with Gasteiger partial charge >= 0.3 is 6.03 Å². The molecule has 9 heteroatoms. The van der Waals surface area contributed by atoms with E-state index in [2.05, 4.69) is 24.6 Å². The number of halogens is 2. The van der Waals surface area contributed by atoms with Gasteiger partial charge in [-0.3, -0.25) is 10.1 Å². The topological polar surface area (TPSA) is 84.2 Å². The van der Waals surface area contributed by atoms with Gasteiger partial charge in [-0.2, -0.15) is 0 Å². The Kier molecular flexibility index (Phi) is 7.72. The Labute approximate surface area is 191 Å². The van der Waals surface area contributed by atoms with Crippen LogP contribution in [0.5, 0.6) is 0 Å². The number of amides is 3. The predicted octanol–water partition coefficient (Wildman–Crippen LogP) is 0.349. The molecule has 1 atom stereocenters. The van der Waals surface area contributed by atoms with Crippen LogP contribution in [0.15, 0.2) is 24.3 Å². The quantitative estimate of drug-likeness (QED) is 0.382. The Morgan fingerprint density at radius 3 is 2.57 bits per heavy atom. The molecule has 0 radical (unpaired) electrons. The van der Waals surface area contributed by atoms with E-state index in [0.717, 1.165) is 46.5 Å². The van der Waals surface area contributed by atoms with E-state index < -0.39 is 5.91 Å². The number of carbonyl (C=O) groups excluding carboxylic acids is 2. The Bertz CT molecular complexity index is 872. The molecule has 0 aliphatic carbocycles. The summed E-state index contributed by atoms with van der Waals surface area (Å²) in [6.07, 6.45) is 0.794. The number of fused-ring (bicyclic) bond motifs is 1. The number of hydrogen-bond donors (Lipinski definition) is 3. The zero-order valence-electron chi connectivity index (χ0n) is 15.9. The number of anilines is 1. The number of hydrogen-bond acceptors (Lipinski definition) is 3. The molecule has 4 N–H and O–H groups in total. The normalized spacial score (nSPS) is 18.0. The number of nitrogens with one attached hydrogen (secondary N) is 2. The van der Waals surface area contributed by atoms with E-state index in [4.69, 9.17) is 17.3 Å². The van der Waals surface area contributed by atoms with Crippen LogP contribution in [-0.2, 0) is 19.5 Å². The minimum absolute atomic E-state index is 0. The minimum Gasteiger partial charge on any atom is -1.00 e. The number of benzene rings is 1. The summed E-state index contributed by atoms with van der Waals surface area (Å²) in [6.45, 7) is 5.36. The van der Waals surface area contributed by atoms with Crippen LogP contribution >= 0.6 is 22.9 Å². The molecule has 1 unspecified atom stereocenters. The zero-order valence-corrected chi connectivity index (χ0v) is 19.6. The number of nitrogens with two attached hydrogens (primary N) is 1. The third kappa shape index (κ3) is 5.16. The molecule has 3 amide bonds. The first-order chi connectivity index (χ1) is 12.8. The first-order valence-corrected chi connectivity index (χ1v) is 10.1. The third-order valence-corrected chi connectivity index (χ3v) is 6.51. The monoisotopic (exact) mass is 534 g/mol. The summed E-state index contributed by atoms with van der Waals surface area (Å²) < 4.78 is 0.925. The van der Waals surface area contributed by atoms with Gasteiger partial charge in [-0.05, 0) is 30.2 Å². The molecule has 1 aliphatic rings. The van der Waals surface area contributed by atoms with Crippen molar-refractivity contribution in [3.8, 4) is 0 Å². The smallest absolute Gasteiger partial charge is 0.320 e. The highest BCUT2D eigenvalue weighted by molar-refractivity contribution is 7.17. The van der Waals surface area contributed by atoms with Crippen molar-refractivity contribution in [3.05, 3.63) is 50.9 Å². The molecule has 28 heavy (non-hydrogen) atoms. The second-order valence-electron chi connectivity index (χ2n) is 7.07. The lowest BCUT2D eigenvalue weighted by Crippen LogP contribution is -3.00. The third-order valence-electron chi connectivity index (χ3n) is 5.12. The number of quaternary nitrogens is 1. The molecule has 152 valence electrons. The molecule has 0 saturated carbocycles. The van der Waals surface area contributed by atoms with Crippen LogP contribution in [-0.4, -0.2) is 36.6 Å². The summed E-state index contributed by atoms with van der Waals surface area (Å²) in [5.74, 6) is -0.492. The van der Waals surface area contributed by atoms with Crippen LogP contribution in [0.2, 0.25) is 5.02 Å². The van der Waals surface area contributed by atoms with E-state index in [1.54, 1.807) is 12.1 Å². The fourth-order valence-electron chi connectivity index (χ4n) is 3.26. The van der Waals surface area contributed by atoms with E-state index in [1.165, 1.54) is 11.3 Å². The standard InChI is InChI=1S/C19H23ClN4O2S.HI/c1-3-24(2)9-8-14-15(11-24)27-18(16(14)17(21)25)23-19(26)22-10-12-4-6-13(20)7-5-12;/h4-7H,3,8-11H2,1-2H3,(H3-,21,22,23,25,26);1H. The first kappa shape index (κ1) is 22.9. The van der Waals surface area contributed by atoms with E-state index >= 15 is 0 Å². The molecule has 1 aromatic heterocycles. The number of primary amides is 1. The summed E-state index contributed by atoms with van der Waals surface area (Å²) in [7, 11) is 2.21. The van der Waals surface area contributed by atoms with Gasteiger partial charge in [0.05, 0.1) is 30.6 Å². The van der Waals surface area contributed by atoms with Gasteiger partial charge in [-0.1, -0.05) is 23.7 Å². The van der Waals surface area contributed by atoms with Gasteiger partial charge in [-0.15, -0.1) is 11.3 Å². The molecule has 1 aromatic carbocycles. The van der Waals surface area contributed by atoms with Crippen molar-refractivity contribution in [2.24, 2.45) is 5.73 Å². The van der Waals surface area contributed by atoms with Gasteiger partial charge < -0.3 is 39.5 Å². The summed E-state index contributed by atoms with van der Waals surface area (Å²) in [5.41, 5.74) is 8.00.